The third-order valence-corrected chi connectivity index (χ3v) is 6.88. The smallest absolute Gasteiger partial charge is 0.228 e. The van der Waals surface area contributed by atoms with Gasteiger partial charge in [-0.3, -0.25) is 4.79 Å². The molecule has 150 valence electrons. The molecular formula is C21H25FN2O3S. The monoisotopic (exact) mass is 404 g/mol. The van der Waals surface area contributed by atoms with E-state index in [1.165, 1.54) is 28.6 Å². The Bertz CT molecular complexity index is 958. The molecule has 0 unspecified atom stereocenters. The first-order chi connectivity index (χ1) is 13.2. The molecule has 1 aliphatic rings. The molecule has 1 atom stereocenters. The Morgan fingerprint density at radius 3 is 2.61 bits per heavy atom. The number of hydrogen-bond acceptors (Lipinski definition) is 3. The predicted octanol–water partition coefficient (Wildman–Crippen LogP) is 3.62. The molecule has 2 aromatic carbocycles. The van der Waals surface area contributed by atoms with Gasteiger partial charge < -0.3 is 5.32 Å². The van der Waals surface area contributed by atoms with Crippen molar-refractivity contribution in [1.29, 1.82) is 0 Å². The van der Waals surface area contributed by atoms with Crippen LogP contribution < -0.4 is 5.32 Å². The average molecular weight is 405 g/mol. The lowest BCUT2D eigenvalue weighted by atomic mass is 9.98. The number of benzene rings is 2. The summed E-state index contributed by atoms with van der Waals surface area (Å²) in [6.07, 6.45) is 1.28. The van der Waals surface area contributed by atoms with E-state index in [4.69, 9.17) is 0 Å². The number of halogens is 1. The van der Waals surface area contributed by atoms with Crippen molar-refractivity contribution in [1.82, 2.24) is 4.31 Å². The molecule has 0 radical (unpaired) electrons. The van der Waals surface area contributed by atoms with Gasteiger partial charge in [-0.2, -0.15) is 0 Å². The minimum atomic E-state index is -3.57. The second kappa shape index (κ2) is 8.41. The van der Waals surface area contributed by atoms with Gasteiger partial charge in [-0.15, -0.1) is 0 Å². The summed E-state index contributed by atoms with van der Waals surface area (Å²) in [5.74, 6) is -1.15. The van der Waals surface area contributed by atoms with Crippen molar-refractivity contribution < 1.29 is 17.6 Å². The van der Waals surface area contributed by atoms with E-state index in [9.17, 15) is 17.6 Å². The number of piperidine rings is 1. The van der Waals surface area contributed by atoms with Crippen molar-refractivity contribution in [2.75, 3.05) is 18.4 Å². The fourth-order valence-corrected chi connectivity index (χ4v) is 5.01. The van der Waals surface area contributed by atoms with E-state index in [-0.39, 0.29) is 18.2 Å². The van der Waals surface area contributed by atoms with Crippen LogP contribution >= 0.6 is 0 Å². The quantitative estimate of drug-likeness (QED) is 0.828. The zero-order valence-corrected chi connectivity index (χ0v) is 16.9. The highest BCUT2D eigenvalue weighted by Crippen LogP contribution is 2.24. The molecule has 2 aromatic rings. The van der Waals surface area contributed by atoms with E-state index in [0.717, 1.165) is 16.8 Å². The van der Waals surface area contributed by atoms with Gasteiger partial charge >= 0.3 is 0 Å². The lowest BCUT2D eigenvalue weighted by Gasteiger charge is -2.31. The molecule has 1 amide bonds. The highest BCUT2D eigenvalue weighted by molar-refractivity contribution is 7.88. The standard InChI is InChI=1S/C21H25FN2O3S/c1-15-5-6-16(2)20(12-15)23-21(25)18-4-3-11-24(13-18)28(26,27)14-17-7-9-19(22)10-8-17/h5-10,12,18H,3-4,11,13-14H2,1-2H3,(H,23,25)/t18-/m1/s1. The zero-order chi connectivity index (χ0) is 20.3. The van der Waals surface area contributed by atoms with Crippen LogP contribution in [0.3, 0.4) is 0 Å². The summed E-state index contributed by atoms with van der Waals surface area (Å²) in [5, 5.41) is 2.95. The summed E-state index contributed by atoms with van der Waals surface area (Å²) < 4.78 is 40.0. The van der Waals surface area contributed by atoms with Crippen LogP contribution in [0.1, 0.15) is 29.5 Å². The van der Waals surface area contributed by atoms with Crippen molar-refractivity contribution in [2.24, 2.45) is 5.92 Å². The molecule has 1 heterocycles. The second-order valence-corrected chi connectivity index (χ2v) is 9.36. The zero-order valence-electron chi connectivity index (χ0n) is 16.1. The van der Waals surface area contributed by atoms with Gasteiger partial charge in [-0.1, -0.05) is 24.3 Å². The molecular weight excluding hydrogens is 379 g/mol. The van der Waals surface area contributed by atoms with Crippen LogP contribution in [0.15, 0.2) is 42.5 Å². The summed E-state index contributed by atoms with van der Waals surface area (Å²) >= 11 is 0. The Balaban J connectivity index is 1.68. The molecule has 28 heavy (non-hydrogen) atoms. The first kappa shape index (κ1) is 20.5. The van der Waals surface area contributed by atoms with Gasteiger partial charge in [0.15, 0.2) is 0 Å². The molecule has 7 heteroatoms. The van der Waals surface area contributed by atoms with Crippen molar-refractivity contribution in [3.63, 3.8) is 0 Å². The molecule has 0 aromatic heterocycles. The SMILES string of the molecule is Cc1ccc(C)c(NC(=O)[C@@H]2CCCN(S(=O)(=O)Cc3ccc(F)cc3)C2)c1. The van der Waals surface area contributed by atoms with Crippen LogP contribution in [0.5, 0.6) is 0 Å². The van der Waals surface area contributed by atoms with Gasteiger partial charge in [0.05, 0.1) is 11.7 Å². The van der Waals surface area contributed by atoms with Crippen LogP contribution in [-0.2, 0) is 20.6 Å². The van der Waals surface area contributed by atoms with E-state index >= 15 is 0 Å². The largest absolute Gasteiger partial charge is 0.326 e. The minimum Gasteiger partial charge on any atom is -0.326 e. The third-order valence-electron chi connectivity index (χ3n) is 5.06. The summed E-state index contributed by atoms with van der Waals surface area (Å²) in [7, 11) is -3.57. The van der Waals surface area contributed by atoms with Crippen molar-refractivity contribution in [3.8, 4) is 0 Å². The van der Waals surface area contributed by atoms with Crippen LogP contribution in [0.2, 0.25) is 0 Å². The second-order valence-electron chi connectivity index (χ2n) is 7.39. The average Bonchev–Trinajstić information content (AvgIpc) is 2.66. The number of nitrogens with zero attached hydrogens (tertiary/aromatic N) is 1. The lowest BCUT2D eigenvalue weighted by Crippen LogP contribution is -2.44. The highest BCUT2D eigenvalue weighted by atomic mass is 32.2. The number of anilines is 1. The maximum absolute atomic E-state index is 13.0. The molecule has 0 aliphatic carbocycles. The summed E-state index contributed by atoms with van der Waals surface area (Å²) in [6, 6.07) is 11.3. The van der Waals surface area contributed by atoms with Crippen molar-refractivity contribution in [3.05, 3.63) is 65.0 Å². The number of carbonyl (C=O) groups excluding carboxylic acids is 1. The van der Waals surface area contributed by atoms with Gasteiger partial charge in [-0.05, 0) is 61.6 Å². The molecule has 1 fully saturated rings. The molecule has 1 aliphatic heterocycles. The molecule has 3 rings (SSSR count). The number of aryl methyl sites for hydroxylation is 2. The summed E-state index contributed by atoms with van der Waals surface area (Å²) in [6.45, 7) is 4.45. The molecule has 1 N–H and O–H groups in total. The van der Waals surface area contributed by atoms with E-state index in [2.05, 4.69) is 5.32 Å². The van der Waals surface area contributed by atoms with Gasteiger partial charge in [0.2, 0.25) is 15.9 Å². The maximum Gasteiger partial charge on any atom is 0.228 e. The number of carbonyl (C=O) groups is 1. The molecule has 1 saturated heterocycles. The fourth-order valence-electron chi connectivity index (χ4n) is 3.40. The maximum atomic E-state index is 13.0. The van der Waals surface area contributed by atoms with Crippen molar-refractivity contribution >= 4 is 21.6 Å². The number of nitrogens with one attached hydrogen (secondary N) is 1. The van der Waals surface area contributed by atoms with Crippen LogP contribution in [0, 0.1) is 25.6 Å². The van der Waals surface area contributed by atoms with E-state index < -0.39 is 21.8 Å². The van der Waals surface area contributed by atoms with E-state index in [1.807, 2.05) is 32.0 Å². The first-order valence-electron chi connectivity index (χ1n) is 9.35. The Labute approximate surface area is 165 Å². The topological polar surface area (TPSA) is 66.5 Å². The lowest BCUT2D eigenvalue weighted by molar-refractivity contribution is -0.120. The Morgan fingerprint density at radius 2 is 1.89 bits per heavy atom. The fraction of sp³-hybridized carbons (Fsp3) is 0.381. The van der Waals surface area contributed by atoms with Crippen molar-refractivity contribution in [2.45, 2.75) is 32.4 Å². The molecule has 0 saturated carbocycles. The normalized spacial score (nSPS) is 18.0. The van der Waals surface area contributed by atoms with Crippen LogP contribution in [-0.4, -0.2) is 31.7 Å². The minimum absolute atomic E-state index is 0.157. The summed E-state index contributed by atoms with van der Waals surface area (Å²) in [4.78, 5) is 12.7. The predicted molar refractivity (Wildman–Crippen MR) is 108 cm³/mol. The van der Waals surface area contributed by atoms with Gasteiger partial charge in [-0.25, -0.2) is 17.1 Å². The van der Waals surface area contributed by atoms with Gasteiger partial charge in [0.25, 0.3) is 0 Å². The third kappa shape index (κ3) is 4.97. The number of amides is 1. The molecule has 0 bridgehead atoms. The van der Waals surface area contributed by atoms with E-state index in [0.29, 0.717) is 24.9 Å². The molecule has 5 nitrogen and oxygen atoms in total. The number of rotatable bonds is 5. The van der Waals surface area contributed by atoms with Gasteiger partial charge in [0.1, 0.15) is 5.82 Å². The van der Waals surface area contributed by atoms with E-state index in [1.54, 1.807) is 0 Å². The van der Waals surface area contributed by atoms with Gasteiger partial charge in [0, 0.05) is 18.8 Å². The first-order valence-corrected chi connectivity index (χ1v) is 11.0. The highest BCUT2D eigenvalue weighted by Gasteiger charge is 2.32. The van der Waals surface area contributed by atoms with Crippen LogP contribution in [0.4, 0.5) is 10.1 Å². The Kier molecular flexibility index (Phi) is 6.15. The Hall–Kier alpha value is -2.25. The number of hydrogen-bond donors (Lipinski definition) is 1. The number of sulfonamides is 1. The van der Waals surface area contributed by atoms with Crippen LogP contribution in [0.25, 0.3) is 0 Å². The molecule has 0 spiro atoms. The Morgan fingerprint density at radius 1 is 1.18 bits per heavy atom. The summed E-state index contributed by atoms with van der Waals surface area (Å²) in [5.41, 5.74) is 3.31.